The molecule has 3 N–H and O–H groups in total. The first-order valence-electron chi connectivity index (χ1n) is 6.64. The number of unbranched alkanes of at least 4 members (excludes halogenated alkanes) is 1. The van der Waals surface area contributed by atoms with E-state index in [1.54, 1.807) is 0 Å². The van der Waals surface area contributed by atoms with E-state index in [4.69, 9.17) is 5.73 Å². The average Bonchev–Trinajstić information content (AvgIpc) is 2.41. The fourth-order valence-corrected chi connectivity index (χ4v) is 1.96. The number of benzene rings is 1. The van der Waals surface area contributed by atoms with Gasteiger partial charge in [0, 0.05) is 17.8 Å². The Bertz CT molecular complexity index is 683. The lowest BCUT2D eigenvalue weighted by atomic mass is 10.1. The number of nitrogens with zero attached hydrogens (tertiary/aromatic N) is 3. The monoisotopic (exact) mass is 294 g/mol. The average molecular weight is 294 g/mol. The molecule has 0 radical (unpaired) electrons. The summed E-state index contributed by atoms with van der Waals surface area (Å²) in [4.78, 5) is 11.9. The van der Waals surface area contributed by atoms with Gasteiger partial charge >= 0.3 is 0 Å². The second kappa shape index (κ2) is 6.53. The number of halogens is 2. The van der Waals surface area contributed by atoms with E-state index in [-0.39, 0.29) is 29.3 Å². The Morgan fingerprint density at radius 1 is 1.33 bits per heavy atom. The van der Waals surface area contributed by atoms with Gasteiger partial charge in [0.05, 0.1) is 17.5 Å². The molecule has 112 valence electrons. The lowest BCUT2D eigenvalue weighted by molar-refractivity contribution is 0.354. The molecule has 0 saturated carbocycles. The largest absolute Gasteiger partial charge is 0.390 e. The molecule has 0 bridgehead atoms. The van der Waals surface area contributed by atoms with Crippen molar-refractivity contribution in [3.8, 4) is 0 Å². The van der Waals surface area contributed by atoms with Crippen LogP contribution in [0.2, 0.25) is 0 Å². The number of aliphatic hydroxyl groups is 1. The summed E-state index contributed by atoms with van der Waals surface area (Å²) < 4.78 is 27.2. The second-order valence-electron chi connectivity index (χ2n) is 4.63. The van der Waals surface area contributed by atoms with E-state index < -0.39 is 11.6 Å². The molecule has 0 amide bonds. The van der Waals surface area contributed by atoms with Crippen molar-refractivity contribution in [3.63, 3.8) is 0 Å². The van der Waals surface area contributed by atoms with E-state index in [9.17, 15) is 13.9 Å². The maximum Gasteiger partial charge on any atom is 0.222 e. The Balaban J connectivity index is 2.59. The van der Waals surface area contributed by atoms with Crippen LogP contribution < -0.4 is 5.73 Å². The maximum absolute atomic E-state index is 14.0. The summed E-state index contributed by atoms with van der Waals surface area (Å²) in [6, 6.07) is 1.81. The third-order valence-corrected chi connectivity index (χ3v) is 2.98. The number of anilines is 1. The third kappa shape index (κ3) is 3.49. The van der Waals surface area contributed by atoms with Crippen LogP contribution in [0.25, 0.3) is 10.9 Å². The van der Waals surface area contributed by atoms with Crippen LogP contribution in [0.4, 0.5) is 20.5 Å². The molecule has 0 aliphatic rings. The highest BCUT2D eigenvalue weighted by molar-refractivity contribution is 5.94. The molecule has 0 aliphatic heterocycles. The third-order valence-electron chi connectivity index (χ3n) is 2.98. The van der Waals surface area contributed by atoms with Gasteiger partial charge in [-0.15, -0.1) is 0 Å². The predicted molar refractivity (Wildman–Crippen MR) is 77.6 cm³/mol. The van der Waals surface area contributed by atoms with Crippen LogP contribution in [0.1, 0.15) is 26.2 Å². The molecule has 21 heavy (non-hydrogen) atoms. The summed E-state index contributed by atoms with van der Waals surface area (Å²) >= 11 is 0. The summed E-state index contributed by atoms with van der Waals surface area (Å²) in [7, 11) is 0. The molecule has 0 saturated heterocycles. The van der Waals surface area contributed by atoms with Crippen molar-refractivity contribution in [1.82, 2.24) is 9.97 Å². The molecule has 2 rings (SSSR count). The number of rotatable bonds is 5. The number of aliphatic imine (C=N–C) groups is 1. The summed E-state index contributed by atoms with van der Waals surface area (Å²) in [5.41, 5.74) is 6.06. The molecular weight excluding hydrogens is 278 g/mol. The number of nitrogen functional groups attached to an aromatic ring is 1. The SMILES string of the molecule is CCCCC(CO)=Nc1nc(N)nc2cc(F)cc(F)c12. The Morgan fingerprint density at radius 2 is 2.10 bits per heavy atom. The van der Waals surface area contributed by atoms with E-state index in [0.717, 1.165) is 25.0 Å². The van der Waals surface area contributed by atoms with Crippen molar-refractivity contribution in [2.45, 2.75) is 26.2 Å². The number of hydrogen-bond acceptors (Lipinski definition) is 5. The van der Waals surface area contributed by atoms with Gasteiger partial charge < -0.3 is 10.8 Å². The molecule has 2 aromatic rings. The standard InChI is InChI=1S/C14H16F2N4O/c1-2-3-4-9(7-21)18-13-12-10(16)5-8(15)6-11(12)19-14(17)20-13/h5-6,21H,2-4,7H2,1H3,(H2,17,19,20). The van der Waals surface area contributed by atoms with Crippen molar-refractivity contribution in [2.75, 3.05) is 12.3 Å². The highest BCUT2D eigenvalue weighted by atomic mass is 19.1. The first-order chi connectivity index (χ1) is 10.0. The Morgan fingerprint density at radius 3 is 2.76 bits per heavy atom. The Labute approximate surface area is 120 Å². The quantitative estimate of drug-likeness (QED) is 0.830. The molecule has 0 aliphatic carbocycles. The molecule has 7 heteroatoms. The lowest BCUT2D eigenvalue weighted by Crippen LogP contribution is -2.05. The minimum Gasteiger partial charge on any atom is -0.390 e. The van der Waals surface area contributed by atoms with Crippen LogP contribution >= 0.6 is 0 Å². The van der Waals surface area contributed by atoms with Gasteiger partial charge in [0.1, 0.15) is 11.6 Å². The van der Waals surface area contributed by atoms with Gasteiger partial charge in [0.2, 0.25) is 5.95 Å². The Hall–Kier alpha value is -2.15. The van der Waals surface area contributed by atoms with E-state index in [2.05, 4.69) is 15.0 Å². The van der Waals surface area contributed by atoms with Crippen LogP contribution in [0.3, 0.4) is 0 Å². The lowest BCUT2D eigenvalue weighted by Gasteiger charge is -2.07. The second-order valence-corrected chi connectivity index (χ2v) is 4.63. The molecule has 0 fully saturated rings. The van der Waals surface area contributed by atoms with Gasteiger partial charge in [0.15, 0.2) is 5.82 Å². The minimum absolute atomic E-state index is 0.00644. The molecule has 1 aromatic carbocycles. The van der Waals surface area contributed by atoms with Gasteiger partial charge in [-0.1, -0.05) is 13.3 Å². The summed E-state index contributed by atoms with van der Waals surface area (Å²) in [5.74, 6) is -1.67. The van der Waals surface area contributed by atoms with Crippen LogP contribution in [0, 0.1) is 11.6 Å². The van der Waals surface area contributed by atoms with E-state index in [0.29, 0.717) is 12.1 Å². The van der Waals surface area contributed by atoms with Crippen molar-refractivity contribution < 1.29 is 13.9 Å². The predicted octanol–water partition coefficient (Wildman–Crippen LogP) is 2.75. The van der Waals surface area contributed by atoms with Gasteiger partial charge in [0.25, 0.3) is 0 Å². The first kappa shape index (κ1) is 15.2. The molecular formula is C14H16F2N4O. The smallest absolute Gasteiger partial charge is 0.222 e. The number of fused-ring (bicyclic) bond motifs is 1. The zero-order valence-corrected chi connectivity index (χ0v) is 11.6. The van der Waals surface area contributed by atoms with Gasteiger partial charge in [-0.3, -0.25) is 0 Å². The van der Waals surface area contributed by atoms with Crippen LogP contribution in [0.15, 0.2) is 17.1 Å². The summed E-state index contributed by atoms with van der Waals surface area (Å²) in [5, 5.41) is 9.30. The van der Waals surface area contributed by atoms with Crippen LogP contribution in [-0.2, 0) is 0 Å². The van der Waals surface area contributed by atoms with Crippen LogP contribution in [0.5, 0.6) is 0 Å². The number of aromatic nitrogens is 2. The summed E-state index contributed by atoms with van der Waals surface area (Å²) in [6.07, 6.45) is 2.35. The fraction of sp³-hybridized carbons (Fsp3) is 0.357. The van der Waals surface area contributed by atoms with Gasteiger partial charge in [-0.2, -0.15) is 4.98 Å². The summed E-state index contributed by atoms with van der Waals surface area (Å²) in [6.45, 7) is 1.75. The van der Waals surface area contributed by atoms with E-state index in [1.807, 2.05) is 6.92 Å². The maximum atomic E-state index is 14.0. The van der Waals surface area contributed by atoms with Crippen molar-refractivity contribution in [3.05, 3.63) is 23.8 Å². The molecule has 1 aromatic heterocycles. The molecule has 0 unspecified atom stereocenters. The molecule has 5 nitrogen and oxygen atoms in total. The normalized spacial score (nSPS) is 12.1. The van der Waals surface area contributed by atoms with Gasteiger partial charge in [-0.05, 0) is 12.8 Å². The number of nitrogens with two attached hydrogens (primary N) is 1. The molecule has 1 heterocycles. The van der Waals surface area contributed by atoms with E-state index in [1.165, 1.54) is 0 Å². The van der Waals surface area contributed by atoms with Crippen molar-refractivity contribution in [2.24, 2.45) is 4.99 Å². The Kier molecular flexibility index (Phi) is 4.74. The first-order valence-corrected chi connectivity index (χ1v) is 6.64. The van der Waals surface area contributed by atoms with Crippen molar-refractivity contribution in [1.29, 1.82) is 0 Å². The minimum atomic E-state index is -0.809. The highest BCUT2D eigenvalue weighted by Crippen LogP contribution is 2.27. The number of hydrogen-bond donors (Lipinski definition) is 2. The molecule has 0 atom stereocenters. The zero-order valence-electron chi connectivity index (χ0n) is 11.6. The topological polar surface area (TPSA) is 84.4 Å². The zero-order chi connectivity index (χ0) is 15.4. The van der Waals surface area contributed by atoms with Gasteiger partial charge in [-0.25, -0.2) is 18.8 Å². The van der Waals surface area contributed by atoms with Crippen molar-refractivity contribution >= 4 is 28.4 Å². The molecule has 0 spiro atoms. The fourth-order valence-electron chi connectivity index (χ4n) is 1.96. The van der Waals surface area contributed by atoms with E-state index >= 15 is 0 Å². The van der Waals surface area contributed by atoms with Crippen LogP contribution in [-0.4, -0.2) is 27.4 Å². The highest BCUT2D eigenvalue weighted by Gasteiger charge is 2.13. The number of aliphatic hydroxyl groups excluding tert-OH is 1.